The molecule has 118 valence electrons. The van der Waals surface area contributed by atoms with E-state index < -0.39 is 24.1 Å². The van der Waals surface area contributed by atoms with Gasteiger partial charge in [0.05, 0.1) is 19.3 Å². The average Bonchev–Trinajstić information content (AvgIpc) is 2.44. The second-order valence-corrected chi connectivity index (χ2v) is 5.08. The van der Waals surface area contributed by atoms with Crippen molar-refractivity contribution in [1.29, 1.82) is 0 Å². The molecule has 2 heterocycles. The number of anilines is 1. The number of hydrogen-bond acceptors (Lipinski definition) is 7. The van der Waals surface area contributed by atoms with E-state index in [2.05, 4.69) is 4.98 Å². The molecule has 4 unspecified atom stereocenters. The second kappa shape index (κ2) is 6.52. The minimum absolute atomic E-state index is 0.184. The van der Waals surface area contributed by atoms with Crippen LogP contribution in [0.2, 0.25) is 0 Å². The largest absolute Gasteiger partial charge is 0.394 e. The van der Waals surface area contributed by atoms with E-state index >= 15 is 0 Å². The molecule has 0 aliphatic carbocycles. The summed E-state index contributed by atoms with van der Waals surface area (Å²) >= 11 is 0. The molecule has 0 saturated carbocycles. The summed E-state index contributed by atoms with van der Waals surface area (Å²) in [6.07, 6.45) is -0.447. The molecule has 0 amide bonds. The van der Waals surface area contributed by atoms with Crippen LogP contribution in [0.25, 0.3) is 0 Å². The SMILES string of the molecule is COCC1OC(C)C(CO)OC1n1cc(C)c(N)nc1=O. The zero-order chi connectivity index (χ0) is 15.6. The first-order valence-electron chi connectivity index (χ1n) is 6.74. The first-order chi connectivity index (χ1) is 9.97. The fourth-order valence-electron chi connectivity index (χ4n) is 2.29. The molecule has 1 aliphatic rings. The summed E-state index contributed by atoms with van der Waals surface area (Å²) in [7, 11) is 1.54. The van der Waals surface area contributed by atoms with Crippen molar-refractivity contribution in [3.05, 3.63) is 22.2 Å². The highest BCUT2D eigenvalue weighted by atomic mass is 16.6. The van der Waals surface area contributed by atoms with Gasteiger partial charge in [0.2, 0.25) is 0 Å². The van der Waals surface area contributed by atoms with Gasteiger partial charge in [-0.25, -0.2) is 4.79 Å². The van der Waals surface area contributed by atoms with E-state index in [0.717, 1.165) is 0 Å². The highest BCUT2D eigenvalue weighted by Crippen LogP contribution is 2.27. The van der Waals surface area contributed by atoms with E-state index in [0.29, 0.717) is 5.56 Å². The molecular weight excluding hydrogens is 278 g/mol. The number of hydrogen-bond donors (Lipinski definition) is 2. The van der Waals surface area contributed by atoms with Crippen molar-refractivity contribution in [1.82, 2.24) is 9.55 Å². The van der Waals surface area contributed by atoms with Crippen LogP contribution >= 0.6 is 0 Å². The van der Waals surface area contributed by atoms with Crippen LogP contribution in [0.3, 0.4) is 0 Å². The number of ether oxygens (including phenoxy) is 3. The van der Waals surface area contributed by atoms with Crippen molar-refractivity contribution in [2.45, 2.75) is 38.4 Å². The lowest BCUT2D eigenvalue weighted by Crippen LogP contribution is -2.51. The third-order valence-electron chi connectivity index (χ3n) is 3.50. The molecule has 4 atom stereocenters. The van der Waals surface area contributed by atoms with E-state index in [9.17, 15) is 9.90 Å². The van der Waals surface area contributed by atoms with Gasteiger partial charge in [-0.2, -0.15) is 4.98 Å². The topological polar surface area (TPSA) is 109 Å². The van der Waals surface area contributed by atoms with Crippen LogP contribution in [0.4, 0.5) is 5.82 Å². The Labute approximate surface area is 122 Å². The van der Waals surface area contributed by atoms with Crippen LogP contribution in [0, 0.1) is 6.92 Å². The van der Waals surface area contributed by atoms with Crippen molar-refractivity contribution >= 4 is 5.82 Å². The molecule has 2 rings (SSSR count). The summed E-state index contributed by atoms with van der Waals surface area (Å²) in [5.74, 6) is 0.184. The number of aromatic nitrogens is 2. The van der Waals surface area contributed by atoms with Crippen molar-refractivity contribution in [2.75, 3.05) is 26.1 Å². The van der Waals surface area contributed by atoms with Gasteiger partial charge in [-0.15, -0.1) is 0 Å². The molecule has 0 aromatic carbocycles. The third-order valence-corrected chi connectivity index (χ3v) is 3.50. The Morgan fingerprint density at radius 1 is 1.48 bits per heavy atom. The van der Waals surface area contributed by atoms with Crippen molar-refractivity contribution in [2.24, 2.45) is 0 Å². The molecule has 1 aliphatic heterocycles. The van der Waals surface area contributed by atoms with Crippen molar-refractivity contribution < 1.29 is 19.3 Å². The summed E-state index contributed by atoms with van der Waals surface area (Å²) in [5, 5.41) is 9.35. The maximum Gasteiger partial charge on any atom is 0.351 e. The number of aliphatic hydroxyl groups excluding tert-OH is 1. The normalized spacial score (nSPS) is 29.5. The number of nitrogen functional groups attached to an aromatic ring is 1. The number of aryl methyl sites for hydroxylation is 1. The molecular formula is C13H21N3O5. The van der Waals surface area contributed by atoms with Crippen molar-refractivity contribution in [3.8, 4) is 0 Å². The number of nitrogens with two attached hydrogens (primary N) is 1. The Kier molecular flexibility index (Phi) is 4.94. The second-order valence-electron chi connectivity index (χ2n) is 5.08. The van der Waals surface area contributed by atoms with Gasteiger partial charge in [-0.1, -0.05) is 0 Å². The highest BCUT2D eigenvalue weighted by molar-refractivity contribution is 5.35. The standard InChI is InChI=1S/C13H21N3O5/c1-7-4-16(13(18)15-11(7)14)12-10(6-19-3)20-8(2)9(5-17)21-12/h4,8-10,12,17H,5-6H2,1-3H3,(H2,14,15,18). The van der Waals surface area contributed by atoms with E-state index in [4.69, 9.17) is 19.9 Å². The van der Waals surface area contributed by atoms with Crippen LogP contribution in [-0.4, -0.2) is 53.3 Å². The summed E-state index contributed by atoms with van der Waals surface area (Å²) in [5.41, 5.74) is 5.76. The Balaban J connectivity index is 2.37. The van der Waals surface area contributed by atoms with Gasteiger partial charge >= 0.3 is 5.69 Å². The van der Waals surface area contributed by atoms with E-state index in [1.807, 2.05) is 0 Å². The molecule has 1 saturated heterocycles. The number of nitrogens with zero attached hydrogens (tertiary/aromatic N) is 2. The van der Waals surface area contributed by atoms with E-state index in [1.54, 1.807) is 27.2 Å². The molecule has 8 nitrogen and oxygen atoms in total. The smallest absolute Gasteiger partial charge is 0.351 e. The summed E-state index contributed by atoms with van der Waals surface area (Å²) in [6.45, 7) is 3.60. The summed E-state index contributed by atoms with van der Waals surface area (Å²) in [6, 6.07) is 0. The molecule has 0 bridgehead atoms. The minimum Gasteiger partial charge on any atom is -0.394 e. The first-order valence-corrected chi connectivity index (χ1v) is 6.74. The lowest BCUT2D eigenvalue weighted by Gasteiger charge is -2.40. The first kappa shape index (κ1) is 15.9. The maximum atomic E-state index is 12.1. The predicted molar refractivity (Wildman–Crippen MR) is 74.9 cm³/mol. The Bertz CT molecular complexity index is 547. The van der Waals surface area contributed by atoms with Crippen LogP contribution < -0.4 is 11.4 Å². The highest BCUT2D eigenvalue weighted by Gasteiger charge is 2.38. The van der Waals surface area contributed by atoms with Gasteiger partial charge < -0.3 is 25.1 Å². The number of rotatable bonds is 4. The molecule has 0 spiro atoms. The zero-order valence-corrected chi connectivity index (χ0v) is 12.4. The minimum atomic E-state index is -0.724. The lowest BCUT2D eigenvalue weighted by atomic mass is 10.1. The molecule has 8 heteroatoms. The van der Waals surface area contributed by atoms with Crippen LogP contribution in [-0.2, 0) is 14.2 Å². The van der Waals surface area contributed by atoms with Crippen molar-refractivity contribution in [3.63, 3.8) is 0 Å². The third kappa shape index (κ3) is 3.24. The number of aliphatic hydroxyl groups is 1. The van der Waals surface area contributed by atoms with Gasteiger partial charge in [0.15, 0.2) is 6.23 Å². The molecule has 21 heavy (non-hydrogen) atoms. The predicted octanol–water partition coefficient (Wildman–Crippen LogP) is -0.556. The lowest BCUT2D eigenvalue weighted by molar-refractivity contribution is -0.257. The van der Waals surface area contributed by atoms with Gasteiger partial charge in [0.25, 0.3) is 0 Å². The fraction of sp³-hybridized carbons (Fsp3) is 0.692. The van der Waals surface area contributed by atoms with Crippen LogP contribution in [0.5, 0.6) is 0 Å². The van der Waals surface area contributed by atoms with Crippen LogP contribution in [0.15, 0.2) is 11.0 Å². The average molecular weight is 299 g/mol. The molecule has 1 fully saturated rings. The van der Waals surface area contributed by atoms with Crippen LogP contribution in [0.1, 0.15) is 18.7 Å². The van der Waals surface area contributed by atoms with Gasteiger partial charge in [0.1, 0.15) is 18.0 Å². The Hall–Kier alpha value is -1.48. The fourth-order valence-corrected chi connectivity index (χ4v) is 2.29. The van der Waals surface area contributed by atoms with E-state index in [-0.39, 0.29) is 25.1 Å². The quantitative estimate of drug-likeness (QED) is 0.767. The van der Waals surface area contributed by atoms with E-state index in [1.165, 1.54) is 4.57 Å². The molecule has 1 aromatic heterocycles. The summed E-state index contributed by atoms with van der Waals surface area (Å²) in [4.78, 5) is 15.8. The van der Waals surface area contributed by atoms with Gasteiger partial charge in [-0.3, -0.25) is 4.57 Å². The summed E-state index contributed by atoms with van der Waals surface area (Å²) < 4.78 is 18.0. The molecule has 1 aromatic rings. The van der Waals surface area contributed by atoms with Gasteiger partial charge in [-0.05, 0) is 13.8 Å². The maximum absolute atomic E-state index is 12.1. The Morgan fingerprint density at radius 2 is 2.19 bits per heavy atom. The Morgan fingerprint density at radius 3 is 2.81 bits per heavy atom. The number of methoxy groups -OCH3 is 1. The molecule has 3 N–H and O–H groups in total. The molecule has 0 radical (unpaired) electrons. The van der Waals surface area contributed by atoms with Gasteiger partial charge in [0, 0.05) is 18.9 Å². The monoisotopic (exact) mass is 299 g/mol. The zero-order valence-electron chi connectivity index (χ0n) is 12.4.